The van der Waals surface area contributed by atoms with Crippen molar-refractivity contribution in [2.75, 3.05) is 13.1 Å². The minimum absolute atomic E-state index is 0.182. The van der Waals surface area contributed by atoms with E-state index in [1.165, 1.54) is 23.0 Å². The number of rotatable bonds is 7. The van der Waals surface area contributed by atoms with Gasteiger partial charge in [0.05, 0.1) is 35.2 Å². The summed E-state index contributed by atoms with van der Waals surface area (Å²) >= 11 is 0. The predicted molar refractivity (Wildman–Crippen MR) is 113 cm³/mol. The van der Waals surface area contributed by atoms with Crippen molar-refractivity contribution in [3.8, 4) is 5.69 Å². The second kappa shape index (κ2) is 9.67. The van der Waals surface area contributed by atoms with E-state index in [2.05, 4.69) is 10.4 Å². The number of carbonyl (C=O) groups excluding carboxylic acids is 2. The predicted octanol–water partition coefficient (Wildman–Crippen LogP) is 3.98. The fourth-order valence-electron chi connectivity index (χ4n) is 3.25. The van der Waals surface area contributed by atoms with Gasteiger partial charge in [0.15, 0.2) is 0 Å². The number of alkyl halides is 3. The van der Waals surface area contributed by atoms with Crippen LogP contribution in [-0.2, 0) is 17.5 Å². The first-order valence-electron chi connectivity index (χ1n) is 10.0. The van der Waals surface area contributed by atoms with E-state index in [-0.39, 0.29) is 23.7 Å². The number of nitrogens with one attached hydrogen (secondary N) is 1. The first-order chi connectivity index (χ1) is 15.2. The lowest BCUT2D eigenvalue weighted by molar-refractivity contribution is -0.137. The topological polar surface area (TPSA) is 67.2 Å². The van der Waals surface area contributed by atoms with Crippen molar-refractivity contribution >= 4 is 11.8 Å². The van der Waals surface area contributed by atoms with Gasteiger partial charge in [0.25, 0.3) is 5.91 Å². The van der Waals surface area contributed by atoms with Crippen molar-refractivity contribution in [1.82, 2.24) is 20.0 Å². The quantitative estimate of drug-likeness (QED) is 0.600. The van der Waals surface area contributed by atoms with Crippen LogP contribution in [0.25, 0.3) is 5.69 Å². The maximum absolute atomic E-state index is 13.0. The number of halogens is 3. The summed E-state index contributed by atoms with van der Waals surface area (Å²) in [6.07, 6.45) is -3.21. The smallest absolute Gasteiger partial charge is 0.343 e. The lowest BCUT2D eigenvalue weighted by atomic mass is 10.2. The number of likely N-dealkylation sites (N-methyl/N-ethyl adjacent to an activating group) is 1. The van der Waals surface area contributed by atoms with E-state index in [1.807, 2.05) is 37.3 Å². The molecule has 0 saturated carbocycles. The maximum atomic E-state index is 13.0. The second-order valence-electron chi connectivity index (χ2n) is 7.18. The monoisotopic (exact) mass is 444 g/mol. The molecule has 0 spiro atoms. The number of carbonyl (C=O) groups is 2. The van der Waals surface area contributed by atoms with Crippen LogP contribution in [0.5, 0.6) is 0 Å². The molecule has 0 bridgehead atoms. The zero-order chi connectivity index (χ0) is 23.3. The van der Waals surface area contributed by atoms with Gasteiger partial charge in [0.2, 0.25) is 5.91 Å². The molecule has 1 heterocycles. The highest BCUT2D eigenvalue weighted by atomic mass is 19.4. The van der Waals surface area contributed by atoms with Crippen LogP contribution in [0.3, 0.4) is 0 Å². The van der Waals surface area contributed by atoms with Crippen LogP contribution in [0.15, 0.2) is 60.8 Å². The molecule has 9 heteroatoms. The highest BCUT2D eigenvalue weighted by molar-refractivity contribution is 5.97. The van der Waals surface area contributed by atoms with Gasteiger partial charge in [-0.3, -0.25) is 9.59 Å². The number of amides is 2. The molecule has 0 aliphatic rings. The Morgan fingerprint density at radius 1 is 1.09 bits per heavy atom. The molecule has 0 fully saturated rings. The summed E-state index contributed by atoms with van der Waals surface area (Å²) in [6, 6.07) is 14.2. The lowest BCUT2D eigenvalue weighted by Gasteiger charge is -2.21. The van der Waals surface area contributed by atoms with E-state index in [4.69, 9.17) is 0 Å². The second-order valence-corrected chi connectivity index (χ2v) is 7.18. The van der Waals surface area contributed by atoms with E-state index < -0.39 is 17.6 Å². The molecule has 1 aromatic heterocycles. The van der Waals surface area contributed by atoms with E-state index >= 15 is 0 Å². The summed E-state index contributed by atoms with van der Waals surface area (Å²) < 4.78 is 40.3. The molecule has 0 aliphatic carbocycles. The first-order valence-corrected chi connectivity index (χ1v) is 10.0. The molecule has 0 saturated heterocycles. The number of hydrogen-bond donors (Lipinski definition) is 1. The van der Waals surface area contributed by atoms with Gasteiger partial charge in [0.1, 0.15) is 0 Å². The van der Waals surface area contributed by atoms with Crippen molar-refractivity contribution in [3.63, 3.8) is 0 Å². The van der Waals surface area contributed by atoms with Gasteiger partial charge in [-0.2, -0.15) is 18.3 Å². The average molecular weight is 444 g/mol. The molecular formula is C23H23F3N4O2. The van der Waals surface area contributed by atoms with Crippen molar-refractivity contribution < 1.29 is 22.8 Å². The van der Waals surface area contributed by atoms with E-state index in [9.17, 15) is 22.8 Å². The summed E-state index contributed by atoms with van der Waals surface area (Å²) in [7, 11) is 0. The summed E-state index contributed by atoms with van der Waals surface area (Å²) in [5.41, 5.74) is 0.909. The van der Waals surface area contributed by atoms with Gasteiger partial charge in [-0.15, -0.1) is 0 Å². The Morgan fingerprint density at radius 3 is 2.47 bits per heavy atom. The molecule has 0 atom stereocenters. The van der Waals surface area contributed by atoms with Gasteiger partial charge in [-0.25, -0.2) is 4.68 Å². The third-order valence-electron chi connectivity index (χ3n) is 5.02. The number of benzene rings is 2. The average Bonchev–Trinajstić information content (AvgIpc) is 3.17. The molecule has 2 aromatic carbocycles. The third-order valence-corrected chi connectivity index (χ3v) is 5.02. The number of aromatic nitrogens is 2. The highest BCUT2D eigenvalue weighted by Crippen LogP contribution is 2.30. The van der Waals surface area contributed by atoms with Gasteiger partial charge < -0.3 is 10.2 Å². The Morgan fingerprint density at radius 2 is 1.81 bits per heavy atom. The van der Waals surface area contributed by atoms with Crippen molar-refractivity contribution in [1.29, 1.82) is 0 Å². The van der Waals surface area contributed by atoms with Crippen molar-refractivity contribution in [3.05, 3.63) is 83.2 Å². The van der Waals surface area contributed by atoms with Crippen LogP contribution in [0, 0.1) is 6.92 Å². The standard InChI is InChI=1S/C23H23F3N4O2/c1-3-29(15-17-8-5-4-6-9-17)21(31)14-27-22(32)20-13-28-30(16(20)2)19-11-7-10-18(12-19)23(24,25)26/h4-13H,3,14-15H2,1-2H3,(H,27,32). The lowest BCUT2D eigenvalue weighted by Crippen LogP contribution is -2.39. The van der Waals surface area contributed by atoms with E-state index in [0.717, 1.165) is 17.7 Å². The summed E-state index contributed by atoms with van der Waals surface area (Å²) in [4.78, 5) is 26.8. The van der Waals surface area contributed by atoms with Crippen LogP contribution in [0.1, 0.15) is 34.1 Å². The fraction of sp³-hybridized carbons (Fsp3) is 0.261. The van der Waals surface area contributed by atoms with Crippen LogP contribution in [-0.4, -0.2) is 39.6 Å². The largest absolute Gasteiger partial charge is 0.416 e. The normalized spacial score (nSPS) is 11.3. The van der Waals surface area contributed by atoms with Gasteiger partial charge in [-0.05, 0) is 37.6 Å². The molecule has 2 amide bonds. The van der Waals surface area contributed by atoms with Crippen molar-refractivity contribution in [2.45, 2.75) is 26.6 Å². The van der Waals surface area contributed by atoms with Crippen LogP contribution < -0.4 is 5.32 Å². The fourth-order valence-corrected chi connectivity index (χ4v) is 3.25. The zero-order valence-electron chi connectivity index (χ0n) is 17.7. The minimum Gasteiger partial charge on any atom is -0.343 e. The van der Waals surface area contributed by atoms with Crippen LogP contribution in [0.2, 0.25) is 0 Å². The van der Waals surface area contributed by atoms with Gasteiger partial charge in [-0.1, -0.05) is 36.4 Å². The molecule has 32 heavy (non-hydrogen) atoms. The molecule has 168 valence electrons. The third kappa shape index (κ3) is 5.35. The Kier molecular flexibility index (Phi) is 6.97. The van der Waals surface area contributed by atoms with Gasteiger partial charge in [0, 0.05) is 13.1 Å². The van der Waals surface area contributed by atoms with Crippen LogP contribution in [0.4, 0.5) is 13.2 Å². The summed E-state index contributed by atoms with van der Waals surface area (Å²) in [5.74, 6) is -0.766. The Balaban J connectivity index is 1.67. The number of nitrogens with zero attached hydrogens (tertiary/aromatic N) is 3. The summed E-state index contributed by atoms with van der Waals surface area (Å²) in [5, 5.41) is 6.63. The molecule has 0 radical (unpaired) electrons. The first kappa shape index (κ1) is 23.1. The Hall–Kier alpha value is -3.62. The Bertz CT molecular complexity index is 1090. The van der Waals surface area contributed by atoms with Crippen LogP contribution >= 0.6 is 0 Å². The molecule has 3 rings (SSSR count). The van der Waals surface area contributed by atoms with Crippen molar-refractivity contribution in [2.24, 2.45) is 0 Å². The molecule has 0 aliphatic heterocycles. The number of hydrogen-bond acceptors (Lipinski definition) is 3. The highest BCUT2D eigenvalue weighted by Gasteiger charge is 2.30. The molecule has 1 N–H and O–H groups in total. The van der Waals surface area contributed by atoms with E-state index in [0.29, 0.717) is 18.8 Å². The maximum Gasteiger partial charge on any atom is 0.416 e. The summed E-state index contributed by atoms with van der Waals surface area (Å²) in [6.45, 7) is 4.14. The molecular weight excluding hydrogens is 421 g/mol. The zero-order valence-corrected chi connectivity index (χ0v) is 17.7. The molecule has 6 nitrogen and oxygen atoms in total. The minimum atomic E-state index is -4.48. The van der Waals surface area contributed by atoms with Gasteiger partial charge >= 0.3 is 6.18 Å². The Labute approximate surface area is 183 Å². The van der Waals surface area contributed by atoms with E-state index in [1.54, 1.807) is 11.8 Å². The molecule has 0 unspecified atom stereocenters. The SMILES string of the molecule is CCN(Cc1ccccc1)C(=O)CNC(=O)c1cnn(-c2cccc(C(F)(F)F)c2)c1C. The molecule has 3 aromatic rings.